The van der Waals surface area contributed by atoms with Crippen LogP contribution in [0.5, 0.6) is 0 Å². The third kappa shape index (κ3) is 13.0. The molecule has 17 heavy (non-hydrogen) atoms. The number of rotatable bonds is 11. The zero-order chi connectivity index (χ0) is 13.1. The van der Waals surface area contributed by atoms with Gasteiger partial charge in [-0.3, -0.25) is 9.26 Å². The van der Waals surface area contributed by atoms with E-state index in [0.717, 1.165) is 44.9 Å². The SMILES string of the molecule is CC(CCCCCCCCC(=O)O)O[Si](=O)O. The summed E-state index contributed by atoms with van der Waals surface area (Å²) in [5.41, 5.74) is 0. The van der Waals surface area contributed by atoms with Crippen molar-refractivity contribution in [2.24, 2.45) is 0 Å². The molecular formula is C11H22O5Si. The lowest BCUT2D eigenvalue weighted by Gasteiger charge is -2.10. The van der Waals surface area contributed by atoms with E-state index in [-0.39, 0.29) is 12.5 Å². The van der Waals surface area contributed by atoms with Gasteiger partial charge in [-0.2, -0.15) is 0 Å². The second-order valence-corrected chi connectivity index (χ2v) is 5.02. The van der Waals surface area contributed by atoms with E-state index in [1.807, 2.05) is 0 Å². The Labute approximate surface area is 104 Å². The summed E-state index contributed by atoms with van der Waals surface area (Å²) in [6, 6.07) is 0. The van der Waals surface area contributed by atoms with Gasteiger partial charge in [-0.25, -0.2) is 0 Å². The van der Waals surface area contributed by atoms with Crippen molar-refractivity contribution in [3.63, 3.8) is 0 Å². The van der Waals surface area contributed by atoms with Crippen LogP contribution in [0.15, 0.2) is 0 Å². The van der Waals surface area contributed by atoms with E-state index < -0.39 is 15.1 Å². The highest BCUT2D eigenvalue weighted by atomic mass is 28.3. The zero-order valence-corrected chi connectivity index (χ0v) is 11.4. The Morgan fingerprint density at radius 1 is 1.18 bits per heavy atom. The van der Waals surface area contributed by atoms with Gasteiger partial charge < -0.3 is 14.3 Å². The minimum Gasteiger partial charge on any atom is -0.511 e. The van der Waals surface area contributed by atoms with E-state index in [4.69, 9.17) is 14.3 Å². The van der Waals surface area contributed by atoms with Gasteiger partial charge in [-0.1, -0.05) is 25.7 Å². The van der Waals surface area contributed by atoms with Crippen molar-refractivity contribution >= 4 is 15.1 Å². The summed E-state index contributed by atoms with van der Waals surface area (Å²) in [7, 11) is -2.80. The molecule has 1 atom stereocenters. The average molecular weight is 262 g/mol. The van der Waals surface area contributed by atoms with Crippen LogP contribution in [0.2, 0.25) is 0 Å². The summed E-state index contributed by atoms with van der Waals surface area (Å²) in [5.74, 6) is -0.727. The number of hydrogen-bond donors (Lipinski definition) is 2. The maximum absolute atomic E-state index is 10.4. The molecule has 0 fully saturated rings. The molecule has 6 heteroatoms. The number of hydrogen-bond acceptors (Lipinski definition) is 3. The van der Waals surface area contributed by atoms with Gasteiger partial charge in [-0.05, 0) is 26.2 Å². The summed E-state index contributed by atoms with van der Waals surface area (Å²) < 4.78 is 15.1. The third-order valence-corrected chi connectivity index (χ3v) is 3.16. The van der Waals surface area contributed by atoms with Gasteiger partial charge in [0.15, 0.2) is 0 Å². The Hall–Kier alpha value is -0.913. The molecule has 0 aromatic rings. The first kappa shape index (κ1) is 16.1. The Bertz CT molecular complexity index is 232. The van der Waals surface area contributed by atoms with Gasteiger partial charge >= 0.3 is 15.1 Å². The Balaban J connectivity index is 3.18. The standard InChI is InChI=1S/C11H22O5Si/c1-10(16-17(14)15)8-6-4-2-3-5-7-9-11(12)13/h10,14H,2-9H2,1H3,(H,12,13). The van der Waals surface area contributed by atoms with E-state index in [1.165, 1.54) is 0 Å². The van der Waals surface area contributed by atoms with Gasteiger partial charge in [0, 0.05) is 6.42 Å². The molecule has 0 radical (unpaired) electrons. The van der Waals surface area contributed by atoms with Gasteiger partial charge in [0.05, 0.1) is 6.10 Å². The number of aliphatic carboxylic acids is 1. The van der Waals surface area contributed by atoms with Gasteiger partial charge in [0.25, 0.3) is 0 Å². The second kappa shape index (κ2) is 10.3. The molecule has 0 aromatic carbocycles. The zero-order valence-electron chi connectivity index (χ0n) is 10.4. The highest BCUT2D eigenvalue weighted by molar-refractivity contribution is 6.24. The Morgan fingerprint density at radius 3 is 2.24 bits per heavy atom. The maximum Gasteiger partial charge on any atom is 0.764 e. The molecular weight excluding hydrogens is 240 g/mol. The molecule has 100 valence electrons. The first-order chi connectivity index (χ1) is 8.02. The van der Waals surface area contributed by atoms with E-state index in [2.05, 4.69) is 0 Å². The van der Waals surface area contributed by atoms with Crippen LogP contribution in [0.1, 0.15) is 58.3 Å². The van der Waals surface area contributed by atoms with Gasteiger partial charge in [-0.15, -0.1) is 0 Å². The fourth-order valence-corrected chi connectivity index (χ4v) is 2.11. The molecule has 0 aliphatic heterocycles. The number of unbranched alkanes of at least 4 members (excludes halogenated alkanes) is 5. The second-order valence-electron chi connectivity index (χ2n) is 4.25. The first-order valence-electron chi connectivity index (χ1n) is 6.13. The van der Waals surface area contributed by atoms with Crippen molar-refractivity contribution in [3.05, 3.63) is 0 Å². The summed E-state index contributed by atoms with van der Waals surface area (Å²) in [6.07, 6.45) is 6.80. The summed E-state index contributed by atoms with van der Waals surface area (Å²) in [4.78, 5) is 18.8. The summed E-state index contributed by atoms with van der Waals surface area (Å²) >= 11 is 0. The molecule has 0 rings (SSSR count). The van der Waals surface area contributed by atoms with E-state index in [0.29, 0.717) is 0 Å². The summed E-state index contributed by atoms with van der Waals surface area (Å²) in [6.45, 7) is 1.80. The van der Waals surface area contributed by atoms with Crippen LogP contribution in [0.4, 0.5) is 0 Å². The molecule has 0 saturated heterocycles. The largest absolute Gasteiger partial charge is 0.764 e. The minimum atomic E-state index is -2.80. The van der Waals surface area contributed by atoms with Crippen LogP contribution < -0.4 is 0 Å². The molecule has 0 heterocycles. The van der Waals surface area contributed by atoms with Crippen LogP contribution in [-0.2, 0) is 13.7 Å². The molecule has 0 aliphatic rings. The quantitative estimate of drug-likeness (QED) is 0.439. The van der Waals surface area contributed by atoms with E-state index >= 15 is 0 Å². The van der Waals surface area contributed by atoms with Crippen molar-refractivity contribution in [2.45, 2.75) is 64.4 Å². The van der Waals surface area contributed by atoms with E-state index in [9.17, 15) is 9.26 Å². The van der Waals surface area contributed by atoms with Crippen LogP contribution in [0.25, 0.3) is 0 Å². The number of carboxylic acids is 1. The van der Waals surface area contributed by atoms with Crippen molar-refractivity contribution in [2.75, 3.05) is 0 Å². The van der Waals surface area contributed by atoms with Crippen molar-refractivity contribution in [1.29, 1.82) is 0 Å². The minimum absolute atomic E-state index is 0.154. The predicted octanol–water partition coefficient (Wildman–Crippen LogP) is 2.00. The smallest absolute Gasteiger partial charge is 0.511 e. The van der Waals surface area contributed by atoms with E-state index in [1.54, 1.807) is 6.92 Å². The maximum atomic E-state index is 10.4. The molecule has 2 N–H and O–H groups in total. The van der Waals surface area contributed by atoms with Crippen molar-refractivity contribution < 1.29 is 23.6 Å². The van der Waals surface area contributed by atoms with Crippen LogP contribution >= 0.6 is 0 Å². The van der Waals surface area contributed by atoms with Crippen LogP contribution in [0, 0.1) is 0 Å². The lowest BCUT2D eigenvalue weighted by molar-refractivity contribution is -0.137. The molecule has 0 amide bonds. The molecule has 0 bridgehead atoms. The lowest BCUT2D eigenvalue weighted by atomic mass is 10.1. The highest BCUT2D eigenvalue weighted by Gasteiger charge is 2.10. The Kier molecular flexibility index (Phi) is 9.70. The normalized spacial score (nSPS) is 12.1. The fourth-order valence-electron chi connectivity index (χ4n) is 1.65. The molecule has 0 saturated carbocycles. The number of carboxylic acid groups (broad SMARTS) is 1. The monoisotopic (exact) mass is 262 g/mol. The highest BCUT2D eigenvalue weighted by Crippen LogP contribution is 2.10. The summed E-state index contributed by atoms with van der Waals surface area (Å²) in [5, 5.41) is 8.43. The molecule has 0 aliphatic carbocycles. The van der Waals surface area contributed by atoms with Gasteiger partial charge in [0.1, 0.15) is 0 Å². The average Bonchev–Trinajstić information content (AvgIpc) is 2.20. The van der Waals surface area contributed by atoms with Crippen LogP contribution in [-0.4, -0.2) is 31.1 Å². The first-order valence-corrected chi connectivity index (χ1v) is 7.40. The molecule has 0 aromatic heterocycles. The third-order valence-electron chi connectivity index (χ3n) is 2.55. The van der Waals surface area contributed by atoms with Crippen LogP contribution in [0.3, 0.4) is 0 Å². The topological polar surface area (TPSA) is 83.8 Å². The molecule has 1 unspecified atom stereocenters. The van der Waals surface area contributed by atoms with Crippen molar-refractivity contribution in [1.82, 2.24) is 0 Å². The molecule has 5 nitrogen and oxygen atoms in total. The predicted molar refractivity (Wildman–Crippen MR) is 63.8 cm³/mol. The van der Waals surface area contributed by atoms with Crippen molar-refractivity contribution in [3.8, 4) is 0 Å². The lowest BCUT2D eigenvalue weighted by Crippen LogP contribution is -2.15. The Morgan fingerprint density at radius 2 is 1.71 bits per heavy atom. The van der Waals surface area contributed by atoms with Gasteiger partial charge in [0.2, 0.25) is 0 Å². The fraction of sp³-hybridized carbons (Fsp3) is 0.909. The number of carbonyl (C=O) groups is 1. The molecule has 0 spiro atoms.